The minimum atomic E-state index is -3.23. The van der Waals surface area contributed by atoms with Crippen molar-refractivity contribution >= 4 is 15.7 Å². The van der Waals surface area contributed by atoms with Gasteiger partial charge in [0.05, 0.1) is 4.90 Å². The van der Waals surface area contributed by atoms with E-state index in [4.69, 9.17) is 0 Å². The monoisotopic (exact) mass is 376 g/mol. The van der Waals surface area contributed by atoms with E-state index in [-0.39, 0.29) is 10.8 Å². The van der Waals surface area contributed by atoms with Crippen molar-refractivity contribution in [3.05, 3.63) is 29.8 Å². The molecule has 1 saturated carbocycles. The Labute approximate surface area is 156 Å². The van der Waals surface area contributed by atoms with Crippen LogP contribution in [0.5, 0.6) is 0 Å². The highest BCUT2D eigenvalue weighted by Crippen LogP contribution is 2.33. The number of hydrogen-bond donors (Lipinski definition) is 0. The quantitative estimate of drug-likeness (QED) is 0.810. The Morgan fingerprint density at radius 3 is 2.38 bits per heavy atom. The second-order valence-corrected chi connectivity index (χ2v) is 10.4. The van der Waals surface area contributed by atoms with Gasteiger partial charge in [0.25, 0.3) is 5.91 Å². The lowest BCUT2D eigenvalue weighted by atomic mass is 9.83. The molecule has 6 heteroatoms. The maximum atomic E-state index is 13.0. The molecule has 1 aliphatic carbocycles. The molecule has 1 aromatic rings. The van der Waals surface area contributed by atoms with E-state index in [2.05, 4.69) is 4.90 Å². The average Bonchev–Trinajstić information content (AvgIpc) is 2.88. The van der Waals surface area contributed by atoms with Crippen molar-refractivity contribution in [3.8, 4) is 0 Å². The van der Waals surface area contributed by atoms with Gasteiger partial charge in [0.2, 0.25) is 0 Å². The fraction of sp³-hybridized carbons (Fsp3) is 0.650. The Bertz CT molecular complexity index is 771. The summed E-state index contributed by atoms with van der Waals surface area (Å²) < 4.78 is 23.2. The maximum Gasteiger partial charge on any atom is 0.253 e. The summed E-state index contributed by atoms with van der Waals surface area (Å²) in [6.07, 6.45) is 7.69. The van der Waals surface area contributed by atoms with E-state index in [0.29, 0.717) is 17.5 Å². The van der Waals surface area contributed by atoms with Crippen LogP contribution >= 0.6 is 0 Å². The molecular formula is C20H28N2O3S. The fourth-order valence-electron chi connectivity index (χ4n) is 4.60. The molecule has 4 aliphatic rings. The van der Waals surface area contributed by atoms with Crippen molar-refractivity contribution in [1.29, 1.82) is 0 Å². The first-order valence-electron chi connectivity index (χ1n) is 9.73. The minimum Gasteiger partial charge on any atom is -0.337 e. The molecular weight excluding hydrogens is 348 g/mol. The fourth-order valence-corrected chi connectivity index (χ4v) is 5.23. The summed E-state index contributed by atoms with van der Waals surface area (Å²) in [4.78, 5) is 17.9. The third-order valence-corrected chi connectivity index (χ3v) is 7.49. The number of carbonyl (C=O) groups is 1. The standard InChI is InChI=1S/C20H28N2O3S/c1-26(24,25)19-9-6-17(7-10-19)20(23)22-13-16-5-8-18(14-22)21(12-16)11-15-3-2-4-15/h6-7,9-10,15-16,18H,2-5,8,11-14H2,1H3/t16-,18-/m1/s1. The van der Waals surface area contributed by atoms with E-state index in [1.54, 1.807) is 12.1 Å². The number of hydrogen-bond acceptors (Lipinski definition) is 4. The highest BCUT2D eigenvalue weighted by atomic mass is 32.2. The van der Waals surface area contributed by atoms with Gasteiger partial charge in [-0.15, -0.1) is 0 Å². The normalized spacial score (nSPS) is 27.2. The van der Waals surface area contributed by atoms with Gasteiger partial charge in [-0.3, -0.25) is 9.69 Å². The van der Waals surface area contributed by atoms with Crippen molar-refractivity contribution in [1.82, 2.24) is 9.80 Å². The van der Waals surface area contributed by atoms with Crippen molar-refractivity contribution < 1.29 is 13.2 Å². The molecule has 3 aliphatic heterocycles. The van der Waals surface area contributed by atoms with Gasteiger partial charge in [0.1, 0.15) is 0 Å². The molecule has 0 radical (unpaired) electrons. The van der Waals surface area contributed by atoms with Crippen LogP contribution in [-0.2, 0) is 9.84 Å². The number of rotatable bonds is 4. The molecule has 0 unspecified atom stereocenters. The molecule has 1 amide bonds. The van der Waals surface area contributed by atoms with Gasteiger partial charge in [-0.2, -0.15) is 0 Å². The summed E-state index contributed by atoms with van der Waals surface area (Å²) in [5, 5.41) is 0. The highest BCUT2D eigenvalue weighted by Gasteiger charge is 2.37. The molecule has 3 saturated heterocycles. The Balaban J connectivity index is 1.46. The summed E-state index contributed by atoms with van der Waals surface area (Å²) in [6, 6.07) is 6.86. The predicted octanol–water partition coefficient (Wildman–Crippen LogP) is 2.43. The highest BCUT2D eigenvalue weighted by molar-refractivity contribution is 7.90. The van der Waals surface area contributed by atoms with E-state index >= 15 is 0 Å². The van der Waals surface area contributed by atoms with Crippen LogP contribution in [0.4, 0.5) is 0 Å². The van der Waals surface area contributed by atoms with Gasteiger partial charge in [-0.1, -0.05) is 6.42 Å². The number of nitrogens with zero attached hydrogens (tertiary/aromatic N) is 2. The van der Waals surface area contributed by atoms with Crippen LogP contribution in [0.15, 0.2) is 29.2 Å². The van der Waals surface area contributed by atoms with Crippen LogP contribution < -0.4 is 0 Å². The van der Waals surface area contributed by atoms with Crippen LogP contribution in [0.1, 0.15) is 42.5 Å². The van der Waals surface area contributed by atoms with E-state index in [1.165, 1.54) is 57.0 Å². The molecule has 5 nitrogen and oxygen atoms in total. The molecule has 3 heterocycles. The largest absolute Gasteiger partial charge is 0.337 e. The number of piperidine rings is 1. The van der Waals surface area contributed by atoms with Gasteiger partial charge in [-0.25, -0.2) is 8.42 Å². The number of fused-ring (bicyclic) bond motifs is 4. The second kappa shape index (κ2) is 6.97. The Kier molecular flexibility index (Phi) is 4.82. The molecule has 0 N–H and O–H groups in total. The van der Waals surface area contributed by atoms with Crippen molar-refractivity contribution in [2.75, 3.05) is 32.4 Å². The minimum absolute atomic E-state index is 0.0347. The zero-order valence-electron chi connectivity index (χ0n) is 15.4. The number of amides is 1. The van der Waals surface area contributed by atoms with Gasteiger partial charge in [-0.05, 0) is 61.8 Å². The molecule has 142 valence electrons. The molecule has 26 heavy (non-hydrogen) atoms. The Hall–Kier alpha value is -1.40. The maximum absolute atomic E-state index is 13.0. The number of carbonyl (C=O) groups excluding carboxylic acids is 1. The van der Waals surface area contributed by atoms with Crippen molar-refractivity contribution in [3.63, 3.8) is 0 Å². The molecule has 0 spiro atoms. The third-order valence-electron chi connectivity index (χ3n) is 6.36. The summed E-state index contributed by atoms with van der Waals surface area (Å²) >= 11 is 0. The predicted molar refractivity (Wildman–Crippen MR) is 101 cm³/mol. The first-order valence-corrected chi connectivity index (χ1v) is 11.6. The van der Waals surface area contributed by atoms with Crippen LogP contribution in [0.3, 0.4) is 0 Å². The average molecular weight is 377 g/mol. The zero-order valence-corrected chi connectivity index (χ0v) is 16.2. The zero-order chi connectivity index (χ0) is 18.3. The van der Waals surface area contributed by atoms with Crippen LogP contribution in [0.2, 0.25) is 0 Å². The molecule has 5 rings (SSSR count). The van der Waals surface area contributed by atoms with Crippen LogP contribution in [0.25, 0.3) is 0 Å². The van der Waals surface area contributed by atoms with Crippen molar-refractivity contribution in [2.24, 2.45) is 11.8 Å². The van der Waals surface area contributed by atoms with E-state index in [9.17, 15) is 13.2 Å². The topological polar surface area (TPSA) is 57.7 Å². The smallest absolute Gasteiger partial charge is 0.253 e. The van der Waals surface area contributed by atoms with E-state index in [1.807, 2.05) is 4.90 Å². The summed E-state index contributed by atoms with van der Waals surface area (Å²) in [5.41, 5.74) is 0.587. The Morgan fingerprint density at radius 1 is 1.04 bits per heavy atom. The first-order chi connectivity index (χ1) is 12.4. The summed E-state index contributed by atoms with van der Waals surface area (Å²) in [6.45, 7) is 3.95. The molecule has 2 bridgehead atoms. The van der Waals surface area contributed by atoms with Gasteiger partial charge in [0, 0.05) is 44.0 Å². The van der Waals surface area contributed by atoms with Gasteiger partial charge >= 0.3 is 0 Å². The lowest BCUT2D eigenvalue weighted by Crippen LogP contribution is -2.47. The van der Waals surface area contributed by atoms with E-state index in [0.717, 1.165) is 25.6 Å². The lowest BCUT2D eigenvalue weighted by Gasteiger charge is -2.40. The molecule has 4 fully saturated rings. The third kappa shape index (κ3) is 3.67. The van der Waals surface area contributed by atoms with Crippen LogP contribution in [0, 0.1) is 11.8 Å². The van der Waals surface area contributed by atoms with Gasteiger partial charge < -0.3 is 4.90 Å². The lowest BCUT2D eigenvalue weighted by molar-refractivity contribution is 0.0717. The van der Waals surface area contributed by atoms with E-state index < -0.39 is 9.84 Å². The molecule has 1 aromatic carbocycles. The second-order valence-electron chi connectivity index (χ2n) is 8.35. The number of benzene rings is 1. The molecule has 2 atom stereocenters. The Morgan fingerprint density at radius 2 is 1.77 bits per heavy atom. The first kappa shape index (κ1) is 18.0. The summed E-state index contributed by atoms with van der Waals surface area (Å²) in [7, 11) is -3.23. The van der Waals surface area contributed by atoms with Gasteiger partial charge in [0.15, 0.2) is 9.84 Å². The summed E-state index contributed by atoms with van der Waals surface area (Å²) in [5.74, 6) is 1.46. The van der Waals surface area contributed by atoms with Crippen molar-refractivity contribution in [2.45, 2.75) is 43.0 Å². The number of sulfone groups is 1. The SMILES string of the molecule is CS(=O)(=O)c1ccc(C(=O)N2C[C@@H]3CC[C@H](C2)N(CC2CCC2)C3)cc1. The van der Waals surface area contributed by atoms with Crippen LogP contribution in [-0.4, -0.2) is 62.6 Å². The molecule has 0 aromatic heterocycles.